The van der Waals surface area contributed by atoms with E-state index in [0.717, 1.165) is 27.4 Å². The predicted octanol–water partition coefficient (Wildman–Crippen LogP) is 5.19. The van der Waals surface area contributed by atoms with E-state index in [-0.39, 0.29) is 12.5 Å². The Hall–Kier alpha value is -3.97. The molecule has 4 aromatic rings. The number of carbonyl (C=O) groups is 2. The maximum Gasteiger partial charge on any atom is 0.337 e. The monoisotopic (exact) mass is 456 g/mol. The first-order chi connectivity index (χ1) is 16.1. The summed E-state index contributed by atoms with van der Waals surface area (Å²) >= 11 is 1.58. The zero-order chi connectivity index (χ0) is 22.8. The van der Waals surface area contributed by atoms with Gasteiger partial charge < -0.3 is 14.4 Å². The minimum atomic E-state index is -0.392. The second-order valence-corrected chi connectivity index (χ2v) is 8.40. The lowest BCUT2D eigenvalue weighted by molar-refractivity contribution is -0.121. The average Bonchev–Trinajstić information content (AvgIpc) is 3.36. The van der Waals surface area contributed by atoms with Gasteiger partial charge in [0.1, 0.15) is 10.8 Å². The summed E-state index contributed by atoms with van der Waals surface area (Å²) in [5, 5.41) is 2.96. The molecule has 2 heterocycles. The fourth-order valence-electron chi connectivity index (χ4n) is 3.70. The number of fused-ring (bicyclic) bond motifs is 1. The van der Waals surface area contributed by atoms with Crippen LogP contribution in [0.1, 0.15) is 15.9 Å². The first kappa shape index (κ1) is 20.9. The molecule has 1 aliphatic heterocycles. The topological polar surface area (TPSA) is 68.7 Å². The molecular weight excluding hydrogens is 436 g/mol. The smallest absolute Gasteiger partial charge is 0.337 e. The lowest BCUT2D eigenvalue weighted by atomic mass is 10.1. The van der Waals surface area contributed by atoms with E-state index in [1.54, 1.807) is 28.4 Å². The van der Waals surface area contributed by atoms with Gasteiger partial charge in [-0.2, -0.15) is 0 Å². The van der Waals surface area contributed by atoms with Crippen LogP contribution in [-0.2, 0) is 16.1 Å². The Labute approximate surface area is 195 Å². The van der Waals surface area contributed by atoms with E-state index in [2.05, 4.69) is 0 Å². The third-order valence-corrected chi connectivity index (χ3v) is 6.33. The van der Waals surface area contributed by atoms with Crippen LogP contribution in [0.15, 0.2) is 78.2 Å². The Balaban J connectivity index is 1.44. The summed E-state index contributed by atoms with van der Waals surface area (Å²) < 4.78 is 10.4. The van der Waals surface area contributed by atoms with E-state index in [9.17, 15) is 9.59 Å². The van der Waals surface area contributed by atoms with E-state index in [1.165, 1.54) is 7.11 Å². The van der Waals surface area contributed by atoms with E-state index >= 15 is 0 Å². The van der Waals surface area contributed by atoms with Crippen molar-refractivity contribution in [3.63, 3.8) is 0 Å². The first-order valence-electron chi connectivity index (χ1n) is 10.4. The summed E-state index contributed by atoms with van der Waals surface area (Å²) in [7, 11) is 1.35. The van der Waals surface area contributed by atoms with E-state index in [0.29, 0.717) is 23.5 Å². The molecule has 1 aromatic heterocycles. The van der Waals surface area contributed by atoms with Gasteiger partial charge in [0.05, 0.1) is 30.6 Å². The normalized spacial score (nSPS) is 12.8. The molecule has 0 aliphatic carbocycles. The number of amides is 1. The maximum atomic E-state index is 12.7. The highest BCUT2D eigenvalue weighted by molar-refractivity contribution is 7.13. The molecule has 6 nitrogen and oxygen atoms in total. The molecule has 0 bridgehead atoms. The van der Waals surface area contributed by atoms with E-state index in [1.807, 2.05) is 66.0 Å². The zero-order valence-electron chi connectivity index (χ0n) is 17.9. The molecule has 0 fully saturated rings. The van der Waals surface area contributed by atoms with Crippen LogP contribution in [0.3, 0.4) is 0 Å². The SMILES string of the molecule is COC(=O)c1ccc(CN2C(=O)COc3ccc(-c4csc(-c5ccccc5)n4)cc32)cc1. The second-order valence-electron chi connectivity index (χ2n) is 7.54. The number of rotatable bonds is 5. The number of nitrogens with zero attached hydrogens (tertiary/aromatic N) is 2. The number of anilines is 1. The molecular formula is C26H20N2O4S. The van der Waals surface area contributed by atoms with Crippen LogP contribution in [0.25, 0.3) is 21.8 Å². The molecule has 33 heavy (non-hydrogen) atoms. The van der Waals surface area contributed by atoms with Gasteiger partial charge in [-0.05, 0) is 35.9 Å². The molecule has 0 unspecified atom stereocenters. The van der Waals surface area contributed by atoms with Crippen molar-refractivity contribution in [2.24, 2.45) is 0 Å². The van der Waals surface area contributed by atoms with Crippen molar-refractivity contribution in [2.75, 3.05) is 18.6 Å². The van der Waals surface area contributed by atoms with Crippen LogP contribution in [0.4, 0.5) is 5.69 Å². The number of aromatic nitrogens is 1. The summed E-state index contributed by atoms with van der Waals surface area (Å²) in [6.07, 6.45) is 0. The van der Waals surface area contributed by atoms with Gasteiger partial charge in [0.2, 0.25) is 0 Å². The third-order valence-electron chi connectivity index (χ3n) is 5.44. The molecule has 0 saturated heterocycles. The van der Waals surface area contributed by atoms with Crippen molar-refractivity contribution in [1.29, 1.82) is 0 Å². The minimum absolute atomic E-state index is 0.0125. The molecule has 1 amide bonds. The van der Waals surface area contributed by atoms with Crippen molar-refractivity contribution in [3.05, 3.63) is 89.3 Å². The number of ether oxygens (including phenoxy) is 2. The van der Waals surface area contributed by atoms with E-state index < -0.39 is 5.97 Å². The Kier molecular flexibility index (Phi) is 5.62. The summed E-state index contributed by atoms with van der Waals surface area (Å²) in [4.78, 5) is 30.9. The van der Waals surface area contributed by atoms with E-state index in [4.69, 9.17) is 14.5 Å². The average molecular weight is 457 g/mol. The molecule has 5 rings (SSSR count). The van der Waals surface area contributed by atoms with Gasteiger partial charge in [-0.25, -0.2) is 9.78 Å². The molecule has 3 aromatic carbocycles. The van der Waals surface area contributed by atoms with Crippen LogP contribution in [0.5, 0.6) is 5.75 Å². The van der Waals surface area contributed by atoms with Gasteiger partial charge >= 0.3 is 5.97 Å². The number of carbonyl (C=O) groups excluding carboxylic acids is 2. The second kappa shape index (κ2) is 8.88. The lowest BCUT2D eigenvalue weighted by Gasteiger charge is -2.30. The number of methoxy groups -OCH3 is 1. The van der Waals surface area contributed by atoms with Crippen molar-refractivity contribution >= 4 is 28.9 Å². The summed E-state index contributed by atoms with van der Waals surface area (Å²) in [5.74, 6) is 0.139. The lowest BCUT2D eigenvalue weighted by Crippen LogP contribution is -2.38. The van der Waals surface area contributed by atoms with Gasteiger partial charge in [0, 0.05) is 16.5 Å². The van der Waals surface area contributed by atoms with Crippen molar-refractivity contribution in [3.8, 4) is 27.6 Å². The highest BCUT2D eigenvalue weighted by atomic mass is 32.1. The molecule has 1 aliphatic rings. The summed E-state index contributed by atoms with van der Waals surface area (Å²) in [6, 6.07) is 22.9. The molecule has 0 atom stereocenters. The van der Waals surface area contributed by atoms with Gasteiger partial charge in [0.25, 0.3) is 5.91 Å². The van der Waals surface area contributed by atoms with Crippen LogP contribution in [-0.4, -0.2) is 30.6 Å². The Morgan fingerprint density at radius 2 is 1.85 bits per heavy atom. The molecule has 7 heteroatoms. The molecule has 0 spiro atoms. The van der Waals surface area contributed by atoms with Gasteiger partial charge in [-0.15, -0.1) is 11.3 Å². The standard InChI is InChI=1S/C26H20N2O4S/c1-31-26(30)19-9-7-17(8-10-19)14-28-22-13-20(11-12-23(22)32-15-24(28)29)21-16-33-25(27-21)18-5-3-2-4-6-18/h2-13,16H,14-15H2,1H3. The minimum Gasteiger partial charge on any atom is -0.482 e. The Bertz CT molecular complexity index is 1320. The third kappa shape index (κ3) is 4.23. The number of esters is 1. The molecule has 0 saturated carbocycles. The number of thiazole rings is 1. The largest absolute Gasteiger partial charge is 0.482 e. The van der Waals surface area contributed by atoms with Crippen LogP contribution in [0, 0.1) is 0 Å². The molecule has 0 N–H and O–H groups in total. The van der Waals surface area contributed by atoms with Crippen LogP contribution < -0.4 is 9.64 Å². The quantitative estimate of drug-likeness (QED) is 0.387. The van der Waals surface area contributed by atoms with Gasteiger partial charge in [0.15, 0.2) is 6.61 Å². The highest BCUT2D eigenvalue weighted by Crippen LogP contribution is 2.38. The fourth-order valence-corrected chi connectivity index (χ4v) is 4.54. The van der Waals surface area contributed by atoms with Gasteiger partial charge in [-0.3, -0.25) is 4.79 Å². The first-order valence-corrected chi connectivity index (χ1v) is 11.3. The van der Waals surface area contributed by atoms with Crippen molar-refractivity contribution in [2.45, 2.75) is 6.54 Å². The predicted molar refractivity (Wildman–Crippen MR) is 127 cm³/mol. The summed E-state index contributed by atoms with van der Waals surface area (Å²) in [6.45, 7) is 0.355. The molecule has 164 valence electrons. The summed E-state index contributed by atoms with van der Waals surface area (Å²) in [5.41, 5.74) is 4.90. The highest BCUT2D eigenvalue weighted by Gasteiger charge is 2.26. The maximum absolute atomic E-state index is 12.7. The van der Waals surface area contributed by atoms with Crippen LogP contribution >= 0.6 is 11.3 Å². The van der Waals surface area contributed by atoms with Crippen molar-refractivity contribution in [1.82, 2.24) is 4.98 Å². The Morgan fingerprint density at radius 1 is 1.06 bits per heavy atom. The number of hydrogen-bond acceptors (Lipinski definition) is 6. The molecule has 0 radical (unpaired) electrons. The number of hydrogen-bond donors (Lipinski definition) is 0. The zero-order valence-corrected chi connectivity index (χ0v) is 18.7. The Morgan fingerprint density at radius 3 is 2.61 bits per heavy atom. The fraction of sp³-hybridized carbons (Fsp3) is 0.115. The van der Waals surface area contributed by atoms with Gasteiger partial charge in [-0.1, -0.05) is 42.5 Å². The van der Waals surface area contributed by atoms with Crippen LogP contribution in [0.2, 0.25) is 0 Å². The van der Waals surface area contributed by atoms with Crippen molar-refractivity contribution < 1.29 is 19.1 Å². The number of benzene rings is 3.